The topological polar surface area (TPSA) is 72.8 Å². The molecule has 0 bridgehead atoms. The highest BCUT2D eigenvalue weighted by atomic mass is 16.5. The van der Waals surface area contributed by atoms with Crippen LogP contribution in [-0.4, -0.2) is 30.8 Å². The van der Waals surface area contributed by atoms with Crippen LogP contribution in [0.4, 0.5) is 0 Å². The smallest absolute Gasteiger partial charge is 0.271 e. The number of pyridine rings is 1. The van der Waals surface area contributed by atoms with Gasteiger partial charge < -0.3 is 9.47 Å². The number of hydrogen-bond donors (Lipinski definition) is 1. The Balaban J connectivity index is 2.20. The van der Waals surface area contributed by atoms with E-state index in [0.717, 1.165) is 5.56 Å². The number of hydrogen-bond acceptors (Lipinski definition) is 5. The zero-order chi connectivity index (χ0) is 15.9. The van der Waals surface area contributed by atoms with Crippen molar-refractivity contribution >= 4 is 11.6 Å². The number of methoxy groups -OCH3 is 2. The molecule has 0 radical (unpaired) electrons. The second-order valence-corrected chi connectivity index (χ2v) is 4.44. The van der Waals surface area contributed by atoms with Crippen molar-refractivity contribution in [2.75, 3.05) is 14.2 Å². The van der Waals surface area contributed by atoms with E-state index in [1.54, 1.807) is 63.9 Å². The van der Waals surface area contributed by atoms with Gasteiger partial charge in [-0.1, -0.05) is 0 Å². The van der Waals surface area contributed by atoms with Crippen LogP contribution in [-0.2, 0) is 0 Å². The average molecular weight is 299 g/mol. The summed E-state index contributed by atoms with van der Waals surface area (Å²) in [6.07, 6.45) is 3.10. The van der Waals surface area contributed by atoms with Gasteiger partial charge in [-0.15, -0.1) is 0 Å². The van der Waals surface area contributed by atoms with Gasteiger partial charge in [0, 0.05) is 23.5 Å². The van der Waals surface area contributed by atoms with E-state index in [2.05, 4.69) is 15.5 Å². The number of hydrazone groups is 1. The highest BCUT2D eigenvalue weighted by molar-refractivity contribution is 6.03. The molecule has 114 valence electrons. The van der Waals surface area contributed by atoms with Crippen molar-refractivity contribution < 1.29 is 14.3 Å². The summed E-state index contributed by atoms with van der Waals surface area (Å²) in [4.78, 5) is 15.8. The van der Waals surface area contributed by atoms with Gasteiger partial charge in [0.2, 0.25) is 0 Å². The minimum atomic E-state index is -0.302. The molecule has 0 atom stereocenters. The highest BCUT2D eigenvalue weighted by Gasteiger charge is 2.09. The van der Waals surface area contributed by atoms with Crippen molar-refractivity contribution in [3.05, 3.63) is 53.9 Å². The molecule has 1 N–H and O–H groups in total. The monoisotopic (exact) mass is 299 g/mol. The van der Waals surface area contributed by atoms with Gasteiger partial charge in [0.05, 0.1) is 19.9 Å². The molecular weight excluding hydrogens is 282 g/mol. The van der Waals surface area contributed by atoms with Crippen molar-refractivity contribution in [1.82, 2.24) is 10.4 Å². The quantitative estimate of drug-likeness (QED) is 0.679. The number of carbonyl (C=O) groups is 1. The third kappa shape index (κ3) is 3.60. The Morgan fingerprint density at radius 3 is 2.50 bits per heavy atom. The third-order valence-electron chi connectivity index (χ3n) is 3.06. The van der Waals surface area contributed by atoms with Crippen molar-refractivity contribution in [1.29, 1.82) is 0 Å². The maximum atomic E-state index is 12.0. The fourth-order valence-electron chi connectivity index (χ4n) is 1.86. The second kappa shape index (κ2) is 7.21. The van der Waals surface area contributed by atoms with Gasteiger partial charge >= 0.3 is 0 Å². The summed E-state index contributed by atoms with van der Waals surface area (Å²) < 4.78 is 10.5. The predicted octanol–water partition coefficient (Wildman–Crippen LogP) is 2.25. The lowest BCUT2D eigenvalue weighted by Crippen LogP contribution is -2.19. The largest absolute Gasteiger partial charge is 0.497 e. The van der Waals surface area contributed by atoms with E-state index in [0.29, 0.717) is 22.8 Å². The number of nitrogens with one attached hydrogen (secondary N) is 1. The van der Waals surface area contributed by atoms with Crippen LogP contribution in [0.2, 0.25) is 0 Å². The second-order valence-electron chi connectivity index (χ2n) is 4.44. The summed E-state index contributed by atoms with van der Waals surface area (Å²) in [5, 5.41) is 4.12. The minimum absolute atomic E-state index is 0.302. The first-order chi connectivity index (χ1) is 10.7. The summed E-state index contributed by atoms with van der Waals surface area (Å²) in [6.45, 7) is 1.78. The van der Waals surface area contributed by atoms with E-state index in [-0.39, 0.29) is 5.91 Å². The van der Waals surface area contributed by atoms with Crippen LogP contribution in [0.25, 0.3) is 0 Å². The maximum Gasteiger partial charge on any atom is 0.271 e. The number of amides is 1. The molecule has 1 heterocycles. The van der Waals surface area contributed by atoms with Crippen LogP contribution >= 0.6 is 0 Å². The van der Waals surface area contributed by atoms with Crippen molar-refractivity contribution in [3.63, 3.8) is 0 Å². The van der Waals surface area contributed by atoms with Gasteiger partial charge in [-0.3, -0.25) is 9.78 Å². The number of ether oxygens (including phenoxy) is 2. The molecule has 6 heteroatoms. The minimum Gasteiger partial charge on any atom is -0.497 e. The molecule has 1 aromatic heterocycles. The molecular formula is C16H17N3O3. The van der Waals surface area contributed by atoms with Gasteiger partial charge in [0.15, 0.2) is 0 Å². The Bertz CT molecular complexity index is 684. The molecule has 0 spiro atoms. The Morgan fingerprint density at radius 1 is 1.14 bits per heavy atom. The lowest BCUT2D eigenvalue weighted by atomic mass is 10.1. The van der Waals surface area contributed by atoms with Crippen LogP contribution in [0, 0.1) is 0 Å². The first-order valence-corrected chi connectivity index (χ1v) is 6.62. The normalized spacial score (nSPS) is 11.0. The molecule has 0 aliphatic rings. The Labute approximate surface area is 128 Å². The summed E-state index contributed by atoms with van der Waals surface area (Å²) in [7, 11) is 3.16. The molecule has 0 saturated heterocycles. The SMILES string of the molecule is COc1ccc(OC)c(/C(C)=N\NC(=O)c2ccncc2)c1. The van der Waals surface area contributed by atoms with E-state index in [1.165, 1.54) is 0 Å². The van der Waals surface area contributed by atoms with E-state index < -0.39 is 0 Å². The molecule has 22 heavy (non-hydrogen) atoms. The fourth-order valence-corrected chi connectivity index (χ4v) is 1.86. The standard InChI is InChI=1S/C16H17N3O3/c1-11(14-10-13(21-2)4-5-15(14)22-3)18-19-16(20)12-6-8-17-9-7-12/h4-10H,1-3H3,(H,19,20)/b18-11-. The first-order valence-electron chi connectivity index (χ1n) is 6.62. The van der Waals surface area contributed by atoms with Crippen LogP contribution in [0.3, 0.4) is 0 Å². The fraction of sp³-hybridized carbons (Fsp3) is 0.188. The number of aromatic nitrogens is 1. The zero-order valence-electron chi connectivity index (χ0n) is 12.7. The number of benzene rings is 1. The number of carbonyl (C=O) groups excluding carboxylic acids is 1. The number of rotatable bonds is 5. The highest BCUT2D eigenvalue weighted by Crippen LogP contribution is 2.24. The molecule has 0 unspecified atom stereocenters. The average Bonchev–Trinajstić information content (AvgIpc) is 2.59. The van der Waals surface area contributed by atoms with Crippen molar-refractivity contribution in [2.24, 2.45) is 5.10 Å². The van der Waals surface area contributed by atoms with Gasteiger partial charge in [-0.05, 0) is 37.3 Å². The van der Waals surface area contributed by atoms with Crippen LogP contribution in [0.5, 0.6) is 11.5 Å². The van der Waals surface area contributed by atoms with E-state index in [1.807, 2.05) is 0 Å². The molecule has 0 aliphatic carbocycles. The molecule has 1 amide bonds. The van der Waals surface area contributed by atoms with Crippen molar-refractivity contribution in [3.8, 4) is 11.5 Å². The lowest BCUT2D eigenvalue weighted by Gasteiger charge is -2.10. The van der Waals surface area contributed by atoms with Gasteiger partial charge in [-0.25, -0.2) is 5.43 Å². The molecule has 6 nitrogen and oxygen atoms in total. The Kier molecular flexibility index (Phi) is 5.08. The van der Waals surface area contributed by atoms with Crippen molar-refractivity contribution in [2.45, 2.75) is 6.92 Å². The molecule has 2 rings (SSSR count). The van der Waals surface area contributed by atoms with E-state index in [4.69, 9.17) is 9.47 Å². The van der Waals surface area contributed by atoms with Gasteiger partial charge in [0.1, 0.15) is 11.5 Å². The molecule has 2 aromatic rings. The van der Waals surface area contributed by atoms with Gasteiger partial charge in [0.25, 0.3) is 5.91 Å². The van der Waals surface area contributed by atoms with Crippen LogP contribution in [0.1, 0.15) is 22.8 Å². The zero-order valence-corrected chi connectivity index (χ0v) is 12.7. The Hall–Kier alpha value is -2.89. The molecule has 0 saturated carbocycles. The predicted molar refractivity (Wildman–Crippen MR) is 83.5 cm³/mol. The molecule has 1 aromatic carbocycles. The summed E-state index contributed by atoms with van der Waals surface area (Å²) >= 11 is 0. The maximum absolute atomic E-state index is 12.0. The summed E-state index contributed by atoms with van der Waals surface area (Å²) in [6, 6.07) is 8.62. The first kappa shape index (κ1) is 15.5. The lowest BCUT2D eigenvalue weighted by molar-refractivity contribution is 0.0954. The number of nitrogens with zero attached hydrogens (tertiary/aromatic N) is 2. The molecule has 0 aliphatic heterocycles. The van der Waals surface area contributed by atoms with Crippen LogP contribution < -0.4 is 14.9 Å². The molecule has 0 fully saturated rings. The summed E-state index contributed by atoms with van der Waals surface area (Å²) in [5.41, 5.74) is 4.36. The summed E-state index contributed by atoms with van der Waals surface area (Å²) in [5.74, 6) is 1.04. The Morgan fingerprint density at radius 2 is 1.86 bits per heavy atom. The van der Waals surface area contributed by atoms with Gasteiger partial charge in [-0.2, -0.15) is 5.10 Å². The van der Waals surface area contributed by atoms with E-state index >= 15 is 0 Å². The van der Waals surface area contributed by atoms with E-state index in [9.17, 15) is 4.79 Å². The van der Waals surface area contributed by atoms with Crippen LogP contribution in [0.15, 0.2) is 47.8 Å². The third-order valence-corrected chi connectivity index (χ3v) is 3.06.